The van der Waals surface area contributed by atoms with Crippen LogP contribution in [-0.4, -0.2) is 98.0 Å². The summed E-state index contributed by atoms with van der Waals surface area (Å²) in [6.45, 7) is 14.5. The van der Waals surface area contributed by atoms with Crippen LogP contribution in [0.3, 0.4) is 0 Å². The summed E-state index contributed by atoms with van der Waals surface area (Å²) in [5, 5.41) is 0. The van der Waals surface area contributed by atoms with Crippen LogP contribution >= 0.6 is 0 Å². The van der Waals surface area contributed by atoms with Crippen molar-refractivity contribution >= 4 is 6.41 Å². The molecule has 0 bridgehead atoms. The average molecular weight is 254 g/mol. The molecule has 0 atom stereocenters. The summed E-state index contributed by atoms with van der Waals surface area (Å²) in [6, 6.07) is 0. The minimum atomic E-state index is 0.896. The van der Waals surface area contributed by atoms with Gasteiger partial charge in [0.1, 0.15) is 0 Å². The first-order chi connectivity index (χ1) is 8.81. The second-order valence-corrected chi connectivity index (χ2v) is 5.26. The van der Waals surface area contributed by atoms with Crippen LogP contribution in [0.15, 0.2) is 0 Å². The van der Waals surface area contributed by atoms with Gasteiger partial charge in [-0.1, -0.05) is 6.92 Å². The fraction of sp³-hybridized carbons (Fsp3) is 0.923. The zero-order valence-electron chi connectivity index (χ0n) is 11.6. The second kappa shape index (κ2) is 7.07. The van der Waals surface area contributed by atoms with E-state index in [0.717, 1.165) is 39.1 Å². The maximum Gasteiger partial charge on any atom is 0.209 e. The number of amides is 1. The Balaban J connectivity index is 1.60. The lowest BCUT2D eigenvalue weighted by Gasteiger charge is -2.37. The van der Waals surface area contributed by atoms with E-state index < -0.39 is 0 Å². The molecule has 2 heterocycles. The largest absolute Gasteiger partial charge is 0.343 e. The van der Waals surface area contributed by atoms with E-state index in [1.54, 1.807) is 0 Å². The third kappa shape index (κ3) is 3.93. The predicted octanol–water partition coefficient (Wildman–Crippen LogP) is -0.602. The molecule has 0 unspecified atom stereocenters. The van der Waals surface area contributed by atoms with Gasteiger partial charge in [-0.25, -0.2) is 0 Å². The maximum absolute atomic E-state index is 10.6. The Bertz CT molecular complexity index is 245. The van der Waals surface area contributed by atoms with Crippen molar-refractivity contribution in [2.45, 2.75) is 6.92 Å². The summed E-state index contributed by atoms with van der Waals surface area (Å²) in [4.78, 5) is 20.1. The number of carbonyl (C=O) groups is 1. The van der Waals surface area contributed by atoms with Crippen LogP contribution in [0.5, 0.6) is 0 Å². The Morgan fingerprint density at radius 1 is 0.778 bits per heavy atom. The van der Waals surface area contributed by atoms with Gasteiger partial charge in [0.2, 0.25) is 6.41 Å². The van der Waals surface area contributed by atoms with Gasteiger partial charge in [-0.05, 0) is 6.54 Å². The van der Waals surface area contributed by atoms with Crippen molar-refractivity contribution in [2.24, 2.45) is 0 Å². The molecule has 0 aromatic carbocycles. The second-order valence-electron chi connectivity index (χ2n) is 5.26. The summed E-state index contributed by atoms with van der Waals surface area (Å²) in [7, 11) is 0. The highest BCUT2D eigenvalue weighted by molar-refractivity contribution is 5.47. The van der Waals surface area contributed by atoms with Gasteiger partial charge in [-0.3, -0.25) is 14.6 Å². The summed E-state index contributed by atoms with van der Waals surface area (Å²) in [5.74, 6) is 0. The molecule has 5 heteroatoms. The van der Waals surface area contributed by atoms with Crippen molar-refractivity contribution in [1.29, 1.82) is 0 Å². The first-order valence-electron chi connectivity index (χ1n) is 7.18. The van der Waals surface area contributed by atoms with E-state index in [9.17, 15) is 4.79 Å². The Labute approximate surface area is 110 Å². The third-order valence-electron chi connectivity index (χ3n) is 4.20. The van der Waals surface area contributed by atoms with Crippen LogP contribution in [0.2, 0.25) is 0 Å². The number of nitrogens with zero attached hydrogens (tertiary/aromatic N) is 4. The van der Waals surface area contributed by atoms with Crippen molar-refractivity contribution in [1.82, 2.24) is 19.6 Å². The van der Waals surface area contributed by atoms with Crippen LogP contribution in [0.25, 0.3) is 0 Å². The molecule has 2 fully saturated rings. The van der Waals surface area contributed by atoms with Crippen molar-refractivity contribution in [3.63, 3.8) is 0 Å². The van der Waals surface area contributed by atoms with Crippen LogP contribution < -0.4 is 0 Å². The van der Waals surface area contributed by atoms with Gasteiger partial charge in [-0.15, -0.1) is 0 Å². The fourth-order valence-corrected chi connectivity index (χ4v) is 2.70. The summed E-state index contributed by atoms with van der Waals surface area (Å²) >= 11 is 0. The lowest BCUT2D eigenvalue weighted by molar-refractivity contribution is -0.119. The zero-order chi connectivity index (χ0) is 12.8. The van der Waals surface area contributed by atoms with Gasteiger partial charge >= 0.3 is 0 Å². The molecular weight excluding hydrogens is 228 g/mol. The van der Waals surface area contributed by atoms with Crippen molar-refractivity contribution in [3.05, 3.63) is 0 Å². The molecular formula is C13H26N4O. The molecule has 104 valence electrons. The summed E-state index contributed by atoms with van der Waals surface area (Å²) in [6.07, 6.45) is 0.974. The van der Waals surface area contributed by atoms with Gasteiger partial charge < -0.3 is 9.80 Å². The minimum Gasteiger partial charge on any atom is -0.343 e. The molecule has 18 heavy (non-hydrogen) atoms. The Morgan fingerprint density at radius 3 is 1.67 bits per heavy atom. The molecule has 0 spiro atoms. The van der Waals surface area contributed by atoms with Gasteiger partial charge in [0.25, 0.3) is 0 Å². The van der Waals surface area contributed by atoms with Crippen LogP contribution in [0.4, 0.5) is 0 Å². The van der Waals surface area contributed by atoms with Crippen molar-refractivity contribution in [2.75, 3.05) is 72.0 Å². The average Bonchev–Trinajstić information content (AvgIpc) is 2.46. The molecule has 0 saturated carbocycles. The third-order valence-corrected chi connectivity index (χ3v) is 4.20. The smallest absolute Gasteiger partial charge is 0.209 e. The molecule has 2 rings (SSSR count). The molecule has 2 aliphatic rings. The number of hydrogen-bond acceptors (Lipinski definition) is 4. The molecule has 0 N–H and O–H groups in total. The van der Waals surface area contributed by atoms with Gasteiger partial charge in [-0.2, -0.15) is 0 Å². The molecule has 0 aromatic heterocycles. The Hall–Kier alpha value is -0.650. The topological polar surface area (TPSA) is 30.0 Å². The molecule has 0 radical (unpaired) electrons. The van der Waals surface area contributed by atoms with E-state index in [0.29, 0.717) is 0 Å². The van der Waals surface area contributed by atoms with E-state index >= 15 is 0 Å². The highest BCUT2D eigenvalue weighted by Gasteiger charge is 2.18. The normalized spacial score (nSPS) is 24.4. The molecule has 2 saturated heterocycles. The minimum absolute atomic E-state index is 0.896. The highest BCUT2D eigenvalue weighted by atomic mass is 16.1. The van der Waals surface area contributed by atoms with E-state index in [4.69, 9.17) is 0 Å². The highest BCUT2D eigenvalue weighted by Crippen LogP contribution is 2.03. The van der Waals surface area contributed by atoms with E-state index in [1.807, 2.05) is 4.90 Å². The molecule has 1 amide bonds. The molecule has 0 aromatic rings. The van der Waals surface area contributed by atoms with Crippen LogP contribution in [-0.2, 0) is 4.79 Å². The Morgan fingerprint density at radius 2 is 1.22 bits per heavy atom. The summed E-state index contributed by atoms with van der Waals surface area (Å²) < 4.78 is 0. The first-order valence-corrected chi connectivity index (χ1v) is 7.18. The number of hydrogen-bond donors (Lipinski definition) is 0. The lowest BCUT2D eigenvalue weighted by Crippen LogP contribution is -2.51. The monoisotopic (exact) mass is 254 g/mol. The molecule has 5 nitrogen and oxygen atoms in total. The standard InChI is InChI=1S/C13H26N4O/c1-2-14-3-5-15(6-4-14)7-8-16-9-11-17(13-18)12-10-16/h13H,2-12H2,1H3. The number of piperazine rings is 2. The first kappa shape index (κ1) is 13.8. The maximum atomic E-state index is 10.6. The number of likely N-dealkylation sites (N-methyl/N-ethyl adjacent to an activating group) is 1. The van der Waals surface area contributed by atoms with E-state index in [2.05, 4.69) is 21.6 Å². The number of rotatable bonds is 5. The van der Waals surface area contributed by atoms with Crippen molar-refractivity contribution < 1.29 is 4.79 Å². The van der Waals surface area contributed by atoms with Crippen molar-refractivity contribution in [3.8, 4) is 0 Å². The van der Waals surface area contributed by atoms with E-state index in [-0.39, 0.29) is 0 Å². The fourth-order valence-electron chi connectivity index (χ4n) is 2.70. The quantitative estimate of drug-likeness (QED) is 0.613. The molecule has 0 aliphatic carbocycles. The van der Waals surface area contributed by atoms with E-state index in [1.165, 1.54) is 39.3 Å². The number of carbonyl (C=O) groups excluding carboxylic acids is 1. The van der Waals surface area contributed by atoms with Gasteiger partial charge in [0.05, 0.1) is 0 Å². The lowest BCUT2D eigenvalue weighted by atomic mass is 10.3. The summed E-state index contributed by atoms with van der Waals surface area (Å²) in [5.41, 5.74) is 0. The van der Waals surface area contributed by atoms with Gasteiger partial charge in [0, 0.05) is 65.4 Å². The SMILES string of the molecule is CCN1CCN(CCN2CCN(C=O)CC2)CC1. The zero-order valence-corrected chi connectivity index (χ0v) is 11.6. The van der Waals surface area contributed by atoms with Crippen LogP contribution in [0.1, 0.15) is 6.92 Å². The molecule has 2 aliphatic heterocycles. The Kier molecular flexibility index (Phi) is 5.41. The van der Waals surface area contributed by atoms with Gasteiger partial charge in [0.15, 0.2) is 0 Å². The predicted molar refractivity (Wildman–Crippen MR) is 72.6 cm³/mol. The van der Waals surface area contributed by atoms with Crippen LogP contribution in [0, 0.1) is 0 Å².